The van der Waals surface area contributed by atoms with Gasteiger partial charge in [-0.3, -0.25) is 9.69 Å². The average molecular weight is 215 g/mol. The topological polar surface area (TPSA) is 78.6 Å². The van der Waals surface area contributed by atoms with Crippen LogP contribution in [-0.2, 0) is 4.79 Å². The molecule has 1 unspecified atom stereocenters. The van der Waals surface area contributed by atoms with E-state index < -0.39 is 0 Å². The fraction of sp³-hybridized carbons (Fsp3) is 0.900. The Morgan fingerprint density at radius 2 is 2.40 bits per heavy atom. The average Bonchev–Trinajstić information content (AvgIpc) is 2.63. The maximum atomic E-state index is 11.4. The number of carbonyl (C=O) groups is 1. The summed E-state index contributed by atoms with van der Waals surface area (Å²) >= 11 is 0. The van der Waals surface area contributed by atoms with Crippen LogP contribution in [0.4, 0.5) is 0 Å². The summed E-state index contributed by atoms with van der Waals surface area (Å²) in [4.78, 5) is 13.5. The van der Waals surface area contributed by atoms with Crippen LogP contribution in [0.25, 0.3) is 0 Å². The number of aliphatic hydroxyl groups excluding tert-OH is 1. The molecule has 1 heterocycles. The van der Waals surface area contributed by atoms with E-state index in [0.717, 1.165) is 25.9 Å². The molecule has 1 rings (SSSR count). The number of nitrogens with zero attached hydrogens (tertiary/aromatic N) is 1. The van der Waals surface area contributed by atoms with E-state index in [1.165, 1.54) is 0 Å². The van der Waals surface area contributed by atoms with Gasteiger partial charge in [0.05, 0.1) is 6.54 Å². The number of rotatable bonds is 6. The first-order valence-corrected chi connectivity index (χ1v) is 5.56. The molecule has 0 aliphatic carbocycles. The van der Waals surface area contributed by atoms with Gasteiger partial charge in [-0.1, -0.05) is 0 Å². The predicted octanol–water partition coefficient (Wildman–Crippen LogP) is -1.23. The van der Waals surface area contributed by atoms with E-state index in [-0.39, 0.29) is 12.5 Å². The summed E-state index contributed by atoms with van der Waals surface area (Å²) in [6.45, 7) is 3.63. The lowest BCUT2D eigenvalue weighted by Gasteiger charge is -2.15. The van der Waals surface area contributed by atoms with Gasteiger partial charge in [0.25, 0.3) is 0 Å². The van der Waals surface area contributed by atoms with E-state index in [4.69, 9.17) is 10.8 Å². The number of carbonyl (C=O) groups excluding carboxylic acids is 1. The lowest BCUT2D eigenvalue weighted by molar-refractivity contribution is -0.121. The molecule has 0 aromatic carbocycles. The van der Waals surface area contributed by atoms with Gasteiger partial charge in [0.1, 0.15) is 0 Å². The molecule has 1 fully saturated rings. The molecule has 0 spiro atoms. The van der Waals surface area contributed by atoms with Crippen molar-refractivity contribution in [2.45, 2.75) is 12.8 Å². The van der Waals surface area contributed by atoms with Gasteiger partial charge in [-0.15, -0.1) is 0 Å². The standard InChI is InChI=1S/C10H21N3O2/c11-3-4-12-10(15)8-13-5-1-9(7-13)2-6-14/h9,14H,1-8,11H2,(H,12,15). The third-order valence-corrected chi connectivity index (χ3v) is 2.74. The summed E-state index contributed by atoms with van der Waals surface area (Å²) in [6, 6.07) is 0. The molecule has 0 saturated carbocycles. The van der Waals surface area contributed by atoms with E-state index in [0.29, 0.717) is 25.6 Å². The molecule has 0 bridgehead atoms. The van der Waals surface area contributed by atoms with E-state index >= 15 is 0 Å². The highest BCUT2D eigenvalue weighted by Crippen LogP contribution is 2.18. The van der Waals surface area contributed by atoms with Gasteiger partial charge >= 0.3 is 0 Å². The highest BCUT2D eigenvalue weighted by atomic mass is 16.3. The van der Waals surface area contributed by atoms with Crippen LogP contribution < -0.4 is 11.1 Å². The molecule has 4 N–H and O–H groups in total. The van der Waals surface area contributed by atoms with Crippen LogP contribution >= 0.6 is 0 Å². The van der Waals surface area contributed by atoms with Gasteiger partial charge in [-0.25, -0.2) is 0 Å². The first-order chi connectivity index (χ1) is 7.26. The van der Waals surface area contributed by atoms with Gasteiger partial charge in [-0.2, -0.15) is 0 Å². The second-order valence-electron chi connectivity index (χ2n) is 4.04. The molecule has 1 amide bonds. The van der Waals surface area contributed by atoms with Crippen molar-refractivity contribution in [3.05, 3.63) is 0 Å². The number of aliphatic hydroxyl groups is 1. The van der Waals surface area contributed by atoms with Crippen LogP contribution in [0.1, 0.15) is 12.8 Å². The number of nitrogens with one attached hydrogen (secondary N) is 1. The Bertz CT molecular complexity index is 199. The Morgan fingerprint density at radius 3 is 3.07 bits per heavy atom. The Hall–Kier alpha value is -0.650. The van der Waals surface area contributed by atoms with Crippen LogP contribution in [0.3, 0.4) is 0 Å². The van der Waals surface area contributed by atoms with Gasteiger partial charge in [0.2, 0.25) is 5.91 Å². The number of hydrogen-bond acceptors (Lipinski definition) is 4. The number of amides is 1. The molecule has 0 aromatic heterocycles. The molecule has 1 aliphatic rings. The van der Waals surface area contributed by atoms with Crippen LogP contribution in [0.2, 0.25) is 0 Å². The smallest absolute Gasteiger partial charge is 0.234 e. The quantitative estimate of drug-likeness (QED) is 0.518. The van der Waals surface area contributed by atoms with Crippen molar-refractivity contribution in [3.63, 3.8) is 0 Å². The summed E-state index contributed by atoms with van der Waals surface area (Å²) in [6.07, 6.45) is 1.94. The van der Waals surface area contributed by atoms with E-state index in [1.54, 1.807) is 0 Å². The van der Waals surface area contributed by atoms with E-state index in [2.05, 4.69) is 10.2 Å². The van der Waals surface area contributed by atoms with Crippen molar-refractivity contribution in [1.29, 1.82) is 0 Å². The summed E-state index contributed by atoms with van der Waals surface area (Å²) in [5.74, 6) is 0.599. The number of nitrogens with two attached hydrogens (primary N) is 1. The molecular weight excluding hydrogens is 194 g/mol. The lowest BCUT2D eigenvalue weighted by Crippen LogP contribution is -2.38. The second kappa shape index (κ2) is 6.76. The highest BCUT2D eigenvalue weighted by molar-refractivity contribution is 5.78. The molecule has 1 aliphatic heterocycles. The van der Waals surface area contributed by atoms with E-state index in [9.17, 15) is 4.79 Å². The van der Waals surface area contributed by atoms with Gasteiger partial charge in [0.15, 0.2) is 0 Å². The Balaban J connectivity index is 2.15. The third kappa shape index (κ3) is 4.59. The highest BCUT2D eigenvalue weighted by Gasteiger charge is 2.23. The summed E-state index contributed by atoms with van der Waals surface area (Å²) in [5, 5.41) is 11.6. The minimum atomic E-state index is 0.0464. The maximum Gasteiger partial charge on any atom is 0.234 e. The van der Waals surface area contributed by atoms with Crippen molar-refractivity contribution in [2.24, 2.45) is 11.7 Å². The Morgan fingerprint density at radius 1 is 1.60 bits per heavy atom. The predicted molar refractivity (Wildman–Crippen MR) is 58.3 cm³/mol. The Labute approximate surface area is 90.6 Å². The van der Waals surface area contributed by atoms with Crippen LogP contribution in [0.5, 0.6) is 0 Å². The maximum absolute atomic E-state index is 11.4. The number of hydrogen-bond donors (Lipinski definition) is 3. The largest absolute Gasteiger partial charge is 0.396 e. The minimum Gasteiger partial charge on any atom is -0.396 e. The van der Waals surface area contributed by atoms with Crippen molar-refractivity contribution < 1.29 is 9.90 Å². The molecule has 0 aromatic rings. The zero-order valence-electron chi connectivity index (χ0n) is 9.11. The zero-order valence-corrected chi connectivity index (χ0v) is 9.11. The molecule has 1 atom stereocenters. The minimum absolute atomic E-state index is 0.0464. The van der Waals surface area contributed by atoms with Gasteiger partial charge in [0, 0.05) is 26.2 Å². The monoisotopic (exact) mass is 215 g/mol. The first kappa shape index (κ1) is 12.4. The fourth-order valence-corrected chi connectivity index (χ4v) is 1.95. The Kier molecular flexibility index (Phi) is 5.60. The SMILES string of the molecule is NCCNC(=O)CN1CCC(CCO)C1. The molecule has 5 heteroatoms. The zero-order chi connectivity index (χ0) is 11.1. The molecule has 88 valence electrons. The van der Waals surface area contributed by atoms with Crippen LogP contribution in [0, 0.1) is 5.92 Å². The van der Waals surface area contributed by atoms with Gasteiger partial charge < -0.3 is 16.2 Å². The summed E-state index contributed by atoms with van der Waals surface area (Å²) in [7, 11) is 0. The molecular formula is C10H21N3O2. The molecule has 1 saturated heterocycles. The molecule has 0 radical (unpaired) electrons. The van der Waals surface area contributed by atoms with Crippen molar-refractivity contribution >= 4 is 5.91 Å². The van der Waals surface area contributed by atoms with Crippen LogP contribution in [0.15, 0.2) is 0 Å². The van der Waals surface area contributed by atoms with Crippen molar-refractivity contribution in [1.82, 2.24) is 10.2 Å². The molecule has 5 nitrogen and oxygen atoms in total. The summed E-state index contributed by atoms with van der Waals surface area (Å²) in [5.41, 5.74) is 5.29. The normalized spacial score (nSPS) is 21.9. The van der Waals surface area contributed by atoms with Crippen LogP contribution in [-0.4, -0.2) is 55.2 Å². The second-order valence-corrected chi connectivity index (χ2v) is 4.04. The van der Waals surface area contributed by atoms with Gasteiger partial charge in [-0.05, 0) is 25.3 Å². The first-order valence-electron chi connectivity index (χ1n) is 5.56. The van der Waals surface area contributed by atoms with E-state index in [1.807, 2.05) is 0 Å². The fourth-order valence-electron chi connectivity index (χ4n) is 1.95. The third-order valence-electron chi connectivity index (χ3n) is 2.74. The summed E-state index contributed by atoms with van der Waals surface area (Å²) < 4.78 is 0. The molecule has 15 heavy (non-hydrogen) atoms. The van der Waals surface area contributed by atoms with Crippen molar-refractivity contribution in [3.8, 4) is 0 Å². The number of likely N-dealkylation sites (tertiary alicyclic amines) is 1. The lowest BCUT2D eigenvalue weighted by atomic mass is 10.1. The van der Waals surface area contributed by atoms with Crippen molar-refractivity contribution in [2.75, 3.05) is 39.3 Å².